The Balaban J connectivity index is -0.00000119. The van der Waals surface area contributed by atoms with E-state index in [2.05, 4.69) is 0 Å². The zero-order valence-electron chi connectivity index (χ0n) is 20.2. The monoisotopic (exact) mass is 622 g/mol. The largest absolute Gasteiger partial charge is 2.00 e. The summed E-state index contributed by atoms with van der Waals surface area (Å²) in [5, 5.41) is 11.4. The van der Waals surface area contributed by atoms with Crippen LogP contribution in [-0.4, -0.2) is 31.0 Å². The van der Waals surface area contributed by atoms with Gasteiger partial charge >= 0.3 is 39.3 Å². The van der Waals surface area contributed by atoms with Gasteiger partial charge in [0.2, 0.25) is 0 Å². The van der Waals surface area contributed by atoms with Crippen molar-refractivity contribution in [1.29, 1.82) is 0 Å². The zero-order valence-corrected chi connectivity index (χ0v) is 24.2. The minimum Gasteiger partial charge on any atom is -1.00 e. The van der Waals surface area contributed by atoms with Crippen LogP contribution < -0.4 is 51.9 Å². The van der Waals surface area contributed by atoms with E-state index in [1.54, 1.807) is 43.5 Å². The molecule has 0 spiro atoms. The Bertz CT molecular complexity index is 1140. The summed E-state index contributed by atoms with van der Waals surface area (Å²) >= 11 is 0. The van der Waals surface area contributed by atoms with Gasteiger partial charge in [-0.05, 0) is 44.8 Å². The molecule has 188 valence electrons. The molecular weight excluding hydrogens is 596 g/mol. The molecule has 1 unspecified atom stereocenters. The van der Waals surface area contributed by atoms with Gasteiger partial charge in [0.25, 0.3) is 0 Å². The van der Waals surface area contributed by atoms with Crippen molar-refractivity contribution in [2.45, 2.75) is 25.3 Å². The summed E-state index contributed by atoms with van der Waals surface area (Å²) in [6.07, 6.45) is 0. The van der Waals surface area contributed by atoms with Crippen molar-refractivity contribution >= 4 is 39.7 Å². The molecule has 0 heterocycles. The maximum absolute atomic E-state index is 11.9. The fourth-order valence-corrected chi connectivity index (χ4v) is 6.42. The molecule has 1 N–H and O–H groups in total. The van der Waals surface area contributed by atoms with Crippen molar-refractivity contribution in [2.24, 2.45) is 0 Å². The third-order valence-electron chi connectivity index (χ3n) is 4.08. The van der Waals surface area contributed by atoms with E-state index in [-0.39, 0.29) is 76.4 Å². The number of benzene rings is 3. The van der Waals surface area contributed by atoms with Gasteiger partial charge in [-0.1, -0.05) is 60.7 Å². The third-order valence-corrected chi connectivity index (χ3v) is 7.66. The van der Waals surface area contributed by atoms with E-state index in [4.69, 9.17) is 4.74 Å². The molecular formula is C24H27ClLiO6PPdS. The van der Waals surface area contributed by atoms with Crippen molar-refractivity contribution < 1.29 is 79.3 Å². The molecule has 0 aromatic heterocycles. The third kappa shape index (κ3) is 11.3. The summed E-state index contributed by atoms with van der Waals surface area (Å²) in [4.78, 5) is 9.22. The van der Waals surface area contributed by atoms with Crippen molar-refractivity contribution in [1.82, 2.24) is 0 Å². The number of halogens is 1. The number of para-hydroxylation sites is 1. The van der Waals surface area contributed by atoms with Crippen LogP contribution in [0.4, 0.5) is 0 Å². The summed E-state index contributed by atoms with van der Waals surface area (Å²) in [6.45, 7) is 2.97. The first-order valence-electron chi connectivity index (χ1n) is 9.34. The van der Waals surface area contributed by atoms with Crippen LogP contribution in [0.5, 0.6) is 5.75 Å². The van der Waals surface area contributed by atoms with E-state index in [1.807, 2.05) is 30.3 Å². The van der Waals surface area contributed by atoms with E-state index in [0.29, 0.717) is 11.1 Å². The molecule has 0 saturated heterocycles. The smallest absolute Gasteiger partial charge is 1.00 e. The second-order valence-corrected chi connectivity index (χ2v) is 10.2. The number of methoxy groups -OCH3 is 1. The van der Waals surface area contributed by atoms with Crippen LogP contribution in [0.2, 0.25) is 0 Å². The van der Waals surface area contributed by atoms with Gasteiger partial charge in [0.1, 0.15) is 21.7 Å². The SMILES string of the molecule is CC(C)=O.COc1ccccc1P(c1ccc(CO)cc1)c1ccccc1S(=O)(=O)[O-].[CH3-].[Cl-].[Li+].[Pd+2]. The molecule has 1 atom stereocenters. The molecule has 0 aliphatic carbocycles. The molecule has 6 nitrogen and oxygen atoms in total. The number of Topliss-reactive ketones (excluding diaryl/α,β-unsaturated/α-hetero) is 1. The van der Waals surface area contributed by atoms with E-state index in [1.165, 1.54) is 19.9 Å². The number of hydrogen-bond acceptors (Lipinski definition) is 6. The molecule has 3 aromatic carbocycles. The summed E-state index contributed by atoms with van der Waals surface area (Å²) in [7, 11) is -4.45. The molecule has 0 aliphatic heterocycles. The van der Waals surface area contributed by atoms with Crippen LogP contribution >= 0.6 is 7.92 Å². The average Bonchev–Trinajstić information content (AvgIpc) is 2.74. The van der Waals surface area contributed by atoms with Crippen LogP contribution in [0.15, 0.2) is 77.7 Å². The van der Waals surface area contributed by atoms with Gasteiger partial charge in [-0.25, -0.2) is 8.42 Å². The molecule has 0 aliphatic rings. The van der Waals surface area contributed by atoms with Crippen LogP contribution in [0, 0.1) is 7.43 Å². The quantitative estimate of drug-likeness (QED) is 0.135. The molecule has 3 aromatic rings. The van der Waals surface area contributed by atoms with Gasteiger partial charge in [0, 0.05) is 10.6 Å². The fourth-order valence-electron chi connectivity index (χ4n) is 2.83. The molecule has 0 amide bonds. The van der Waals surface area contributed by atoms with E-state index < -0.39 is 18.0 Å². The minimum absolute atomic E-state index is 0. The van der Waals surface area contributed by atoms with Crippen LogP contribution in [-0.2, 0) is 41.9 Å². The number of rotatable bonds is 6. The van der Waals surface area contributed by atoms with Gasteiger partial charge in [-0.15, -0.1) is 0 Å². The predicted molar refractivity (Wildman–Crippen MR) is 128 cm³/mol. The average molecular weight is 623 g/mol. The maximum Gasteiger partial charge on any atom is 2.00 e. The van der Waals surface area contributed by atoms with Gasteiger partial charge in [0.15, 0.2) is 0 Å². The first kappa shape index (κ1) is 38.5. The first-order chi connectivity index (χ1) is 14.7. The first-order valence-corrected chi connectivity index (χ1v) is 12.1. The predicted octanol–water partition coefficient (Wildman–Crippen LogP) is -3.10. The second-order valence-electron chi connectivity index (χ2n) is 6.66. The summed E-state index contributed by atoms with van der Waals surface area (Å²) in [5.74, 6) is 0.785. The topological polar surface area (TPSA) is 104 Å². The number of ether oxygens (including phenoxy) is 1. The number of carbonyl (C=O) groups excluding carboxylic acids is 1. The van der Waals surface area contributed by atoms with E-state index >= 15 is 0 Å². The summed E-state index contributed by atoms with van der Waals surface area (Å²) in [6, 6.07) is 20.9. The summed E-state index contributed by atoms with van der Waals surface area (Å²) < 4.78 is 41.1. The van der Waals surface area contributed by atoms with Crippen LogP contribution in [0.25, 0.3) is 0 Å². The Morgan fingerprint density at radius 1 is 0.943 bits per heavy atom. The molecule has 3 rings (SSSR count). The molecule has 0 fully saturated rings. The van der Waals surface area contributed by atoms with Gasteiger partial charge < -0.3 is 39.0 Å². The van der Waals surface area contributed by atoms with Crippen molar-refractivity contribution in [3.63, 3.8) is 0 Å². The van der Waals surface area contributed by atoms with Crippen LogP contribution in [0.3, 0.4) is 0 Å². The summed E-state index contributed by atoms with van der Waals surface area (Å²) in [5.41, 5.74) is 0.749. The Morgan fingerprint density at radius 2 is 1.40 bits per heavy atom. The fraction of sp³-hybridized carbons (Fsp3) is 0.167. The molecule has 0 radical (unpaired) electrons. The molecule has 11 heteroatoms. The maximum atomic E-state index is 11.9. The second kappa shape index (κ2) is 18.3. The number of ketones is 1. The van der Waals surface area contributed by atoms with Crippen molar-refractivity contribution in [3.05, 3.63) is 85.8 Å². The van der Waals surface area contributed by atoms with Crippen LogP contribution in [0.1, 0.15) is 19.4 Å². The Morgan fingerprint density at radius 3 is 1.86 bits per heavy atom. The van der Waals surface area contributed by atoms with Crippen molar-refractivity contribution in [2.75, 3.05) is 7.11 Å². The van der Waals surface area contributed by atoms with E-state index in [0.717, 1.165) is 16.2 Å². The number of hydrogen-bond donors (Lipinski definition) is 1. The standard InChI is InChI=1S/C20H19O5PS.C3H6O.CH3.ClH.Li.Pd/c1-25-17-6-2-3-7-18(17)26(16-12-10-15(14-21)11-13-16)19-8-4-5-9-20(19)27(22,23)24;1-3(2)4;;;;/h2-13,21H,14H2,1H3,(H,22,23,24);1-2H3;1H3;1H;;/q;;-1;;+1;+2/p-2. The zero-order chi connectivity index (χ0) is 23.0. The van der Waals surface area contributed by atoms with Gasteiger partial charge in [0.05, 0.1) is 18.6 Å². The molecule has 0 saturated carbocycles. The molecule has 0 bridgehead atoms. The van der Waals surface area contributed by atoms with Gasteiger partial charge in [-0.2, -0.15) is 0 Å². The Labute approximate surface area is 241 Å². The number of carbonyl (C=O) groups is 1. The van der Waals surface area contributed by atoms with Gasteiger partial charge in [-0.3, -0.25) is 0 Å². The Hall–Kier alpha value is -1.02. The van der Waals surface area contributed by atoms with E-state index in [9.17, 15) is 22.9 Å². The van der Waals surface area contributed by atoms with Crippen molar-refractivity contribution in [3.8, 4) is 5.75 Å². The number of aliphatic hydroxyl groups excluding tert-OH is 1. The minimum atomic E-state index is -4.64. The Kier molecular flexibility index (Phi) is 20.1. The molecule has 35 heavy (non-hydrogen) atoms. The number of aliphatic hydroxyl groups is 1. The normalized spacial score (nSPS) is 10.4.